The highest BCUT2D eigenvalue weighted by Gasteiger charge is 2.48. The first-order chi connectivity index (χ1) is 13.1. The molecule has 1 amide bonds. The number of ether oxygens (including phenoxy) is 1. The number of carbonyl (C=O) groups excluding carboxylic acids is 1. The molecule has 1 N–H and O–H groups in total. The number of rotatable bonds is 4. The Morgan fingerprint density at radius 2 is 1.89 bits per heavy atom. The minimum Gasteiger partial charge on any atom is -0.497 e. The van der Waals surface area contributed by atoms with Crippen molar-refractivity contribution in [2.75, 3.05) is 7.11 Å². The molecule has 3 atom stereocenters. The van der Waals surface area contributed by atoms with Gasteiger partial charge >= 0.3 is 5.97 Å². The fourth-order valence-corrected chi connectivity index (χ4v) is 4.42. The van der Waals surface area contributed by atoms with Crippen LogP contribution in [0.25, 0.3) is 5.69 Å². The molecule has 7 heteroatoms. The first-order valence-electron chi connectivity index (χ1n) is 9.34. The van der Waals surface area contributed by atoms with Crippen molar-refractivity contribution in [1.29, 1.82) is 0 Å². The molecule has 142 valence electrons. The third-order valence-corrected chi connectivity index (χ3v) is 5.75. The molecule has 1 saturated carbocycles. The van der Waals surface area contributed by atoms with Gasteiger partial charge in [0.1, 0.15) is 11.8 Å². The summed E-state index contributed by atoms with van der Waals surface area (Å²) in [4.78, 5) is 26.5. The summed E-state index contributed by atoms with van der Waals surface area (Å²) in [7, 11) is 1.60. The molecular formula is C20H23N3O4. The number of benzene rings is 1. The molecule has 27 heavy (non-hydrogen) atoms. The van der Waals surface area contributed by atoms with E-state index >= 15 is 0 Å². The van der Waals surface area contributed by atoms with Crippen LogP contribution < -0.4 is 4.74 Å². The summed E-state index contributed by atoms with van der Waals surface area (Å²) in [6, 6.07) is 8.27. The third-order valence-electron chi connectivity index (χ3n) is 5.75. The molecule has 2 aliphatic rings. The molecule has 3 unspecified atom stereocenters. The van der Waals surface area contributed by atoms with Crippen LogP contribution in [0.2, 0.25) is 0 Å². The summed E-state index contributed by atoms with van der Waals surface area (Å²) in [6.07, 6.45) is 6.29. The summed E-state index contributed by atoms with van der Waals surface area (Å²) in [5, 5.41) is 14.0. The second-order valence-corrected chi connectivity index (χ2v) is 7.26. The lowest BCUT2D eigenvalue weighted by Gasteiger charge is -2.32. The van der Waals surface area contributed by atoms with Crippen molar-refractivity contribution >= 4 is 11.9 Å². The van der Waals surface area contributed by atoms with Crippen LogP contribution >= 0.6 is 0 Å². The molecule has 1 saturated heterocycles. The summed E-state index contributed by atoms with van der Waals surface area (Å²) >= 11 is 0. The number of aromatic nitrogens is 2. The number of carboxylic acid groups (broad SMARTS) is 1. The van der Waals surface area contributed by atoms with Crippen LogP contribution in [-0.2, 0) is 4.79 Å². The number of fused-ring (bicyclic) bond motifs is 1. The van der Waals surface area contributed by atoms with Crippen molar-refractivity contribution in [3.8, 4) is 11.4 Å². The zero-order valence-electron chi connectivity index (χ0n) is 15.2. The quantitative estimate of drug-likeness (QED) is 0.896. The molecule has 2 fully saturated rings. The van der Waals surface area contributed by atoms with Gasteiger partial charge in [-0.05, 0) is 55.5 Å². The molecular weight excluding hydrogens is 346 g/mol. The summed E-state index contributed by atoms with van der Waals surface area (Å²) in [6.45, 7) is 0. The first-order valence-corrected chi connectivity index (χ1v) is 9.34. The van der Waals surface area contributed by atoms with E-state index in [1.807, 2.05) is 24.3 Å². The van der Waals surface area contributed by atoms with Gasteiger partial charge in [-0.1, -0.05) is 12.8 Å². The average Bonchev–Trinajstić information content (AvgIpc) is 3.33. The standard InChI is InChI=1S/C20H23N3O4/c1-27-15-8-6-14(7-9-15)22-11-10-16(21-22)19(24)23-17-5-3-2-4-13(17)12-18(23)20(25)26/h6-11,13,17-18H,2-5,12H2,1H3,(H,25,26). The van der Waals surface area contributed by atoms with Crippen LogP contribution in [0.15, 0.2) is 36.5 Å². The van der Waals surface area contributed by atoms with Gasteiger partial charge in [-0.15, -0.1) is 0 Å². The van der Waals surface area contributed by atoms with Gasteiger partial charge in [0, 0.05) is 12.2 Å². The smallest absolute Gasteiger partial charge is 0.326 e. The van der Waals surface area contributed by atoms with E-state index in [1.165, 1.54) is 0 Å². The number of hydrogen-bond donors (Lipinski definition) is 1. The van der Waals surface area contributed by atoms with Crippen molar-refractivity contribution in [3.05, 3.63) is 42.2 Å². The molecule has 1 aromatic heterocycles. The Balaban J connectivity index is 1.59. The normalized spacial score (nSPS) is 24.5. The Labute approximate surface area is 157 Å². The van der Waals surface area contributed by atoms with Crippen LogP contribution in [0.4, 0.5) is 0 Å². The van der Waals surface area contributed by atoms with Crippen molar-refractivity contribution in [3.63, 3.8) is 0 Å². The fourth-order valence-electron chi connectivity index (χ4n) is 4.42. The van der Waals surface area contributed by atoms with Crippen molar-refractivity contribution in [1.82, 2.24) is 14.7 Å². The number of methoxy groups -OCH3 is 1. The molecule has 1 aromatic carbocycles. The SMILES string of the molecule is COc1ccc(-n2ccc(C(=O)N3C(C(=O)O)CC4CCCCC43)n2)cc1. The summed E-state index contributed by atoms with van der Waals surface area (Å²) < 4.78 is 6.78. The second kappa shape index (κ2) is 7.06. The molecule has 4 rings (SSSR count). The highest BCUT2D eigenvalue weighted by Crippen LogP contribution is 2.40. The highest BCUT2D eigenvalue weighted by molar-refractivity contribution is 5.95. The molecule has 0 radical (unpaired) electrons. The molecule has 2 aromatic rings. The van der Waals surface area contributed by atoms with E-state index in [2.05, 4.69) is 5.10 Å². The molecule has 1 aliphatic heterocycles. The van der Waals surface area contributed by atoms with Crippen molar-refractivity contribution in [2.24, 2.45) is 5.92 Å². The van der Waals surface area contributed by atoms with E-state index in [0.29, 0.717) is 6.42 Å². The maximum Gasteiger partial charge on any atom is 0.326 e. The summed E-state index contributed by atoms with van der Waals surface area (Å²) in [5.74, 6) is -0.184. The first kappa shape index (κ1) is 17.6. The molecule has 0 spiro atoms. The van der Waals surface area contributed by atoms with Gasteiger partial charge in [0.15, 0.2) is 5.69 Å². The van der Waals surface area contributed by atoms with Gasteiger partial charge in [0.25, 0.3) is 5.91 Å². The van der Waals surface area contributed by atoms with Gasteiger partial charge in [0.2, 0.25) is 0 Å². The van der Waals surface area contributed by atoms with Crippen LogP contribution in [-0.4, -0.2) is 50.9 Å². The second-order valence-electron chi connectivity index (χ2n) is 7.26. The van der Waals surface area contributed by atoms with E-state index in [0.717, 1.165) is 37.1 Å². The van der Waals surface area contributed by atoms with E-state index in [1.54, 1.807) is 29.0 Å². The van der Waals surface area contributed by atoms with Gasteiger partial charge in [0.05, 0.1) is 12.8 Å². The predicted molar refractivity (Wildman–Crippen MR) is 98.1 cm³/mol. The Bertz CT molecular complexity index is 845. The lowest BCUT2D eigenvalue weighted by atomic mass is 9.84. The molecule has 7 nitrogen and oxygen atoms in total. The van der Waals surface area contributed by atoms with Gasteiger partial charge < -0.3 is 14.7 Å². The zero-order valence-corrected chi connectivity index (χ0v) is 15.2. The number of amides is 1. The maximum absolute atomic E-state index is 13.1. The number of hydrogen-bond acceptors (Lipinski definition) is 4. The average molecular weight is 369 g/mol. The monoisotopic (exact) mass is 369 g/mol. The Morgan fingerprint density at radius 3 is 2.59 bits per heavy atom. The van der Waals surface area contributed by atoms with Crippen molar-refractivity contribution < 1.29 is 19.4 Å². The predicted octanol–water partition coefficient (Wildman–Crippen LogP) is 2.74. The van der Waals surface area contributed by atoms with Gasteiger partial charge in [-0.3, -0.25) is 4.79 Å². The maximum atomic E-state index is 13.1. The van der Waals surface area contributed by atoms with Crippen molar-refractivity contribution in [2.45, 2.75) is 44.2 Å². The number of carboxylic acids is 1. The number of aliphatic carboxylic acids is 1. The largest absolute Gasteiger partial charge is 0.497 e. The number of likely N-dealkylation sites (tertiary alicyclic amines) is 1. The molecule has 1 aliphatic carbocycles. The van der Waals surface area contributed by atoms with E-state index < -0.39 is 12.0 Å². The highest BCUT2D eigenvalue weighted by atomic mass is 16.5. The van der Waals surface area contributed by atoms with Crippen LogP contribution in [0.1, 0.15) is 42.6 Å². The van der Waals surface area contributed by atoms with Crippen LogP contribution in [0, 0.1) is 5.92 Å². The van der Waals surface area contributed by atoms with Crippen LogP contribution in [0.3, 0.4) is 0 Å². The Kier molecular flexibility index (Phi) is 4.59. The molecule has 0 bridgehead atoms. The van der Waals surface area contributed by atoms with E-state index in [9.17, 15) is 14.7 Å². The fraction of sp³-hybridized carbons (Fsp3) is 0.450. The van der Waals surface area contributed by atoms with E-state index in [4.69, 9.17) is 4.74 Å². The van der Waals surface area contributed by atoms with E-state index in [-0.39, 0.29) is 23.6 Å². The minimum absolute atomic E-state index is 0.0125. The number of nitrogens with zero attached hydrogens (tertiary/aromatic N) is 3. The molecule has 2 heterocycles. The third kappa shape index (κ3) is 3.18. The minimum atomic E-state index is -0.924. The number of carbonyl (C=O) groups is 2. The lowest BCUT2D eigenvalue weighted by Crippen LogP contribution is -2.46. The Morgan fingerprint density at radius 1 is 1.15 bits per heavy atom. The zero-order chi connectivity index (χ0) is 19.0. The Hall–Kier alpha value is -2.83. The van der Waals surface area contributed by atoms with Crippen LogP contribution in [0.5, 0.6) is 5.75 Å². The van der Waals surface area contributed by atoms with Gasteiger partial charge in [-0.25, -0.2) is 9.48 Å². The summed E-state index contributed by atoms with van der Waals surface area (Å²) in [5.41, 5.74) is 1.09. The topological polar surface area (TPSA) is 84.7 Å². The lowest BCUT2D eigenvalue weighted by molar-refractivity contribution is -0.141. The van der Waals surface area contributed by atoms with Gasteiger partial charge in [-0.2, -0.15) is 5.10 Å².